The topological polar surface area (TPSA) is 111 Å². The summed E-state index contributed by atoms with van der Waals surface area (Å²) in [6.45, 7) is 3.72. The van der Waals surface area contributed by atoms with Gasteiger partial charge in [0.2, 0.25) is 0 Å². The Morgan fingerprint density at radius 1 is 1.08 bits per heavy atom. The van der Waals surface area contributed by atoms with Gasteiger partial charge in [-0.3, -0.25) is 9.59 Å². The number of hydrogen-bond acceptors (Lipinski definition) is 8. The zero-order valence-corrected chi connectivity index (χ0v) is 20.4. The number of hydrogen-bond donors (Lipinski definition) is 2. The highest BCUT2D eigenvalue weighted by Gasteiger charge is 2.47. The molecule has 0 bridgehead atoms. The van der Waals surface area contributed by atoms with Crippen molar-refractivity contribution in [3.05, 3.63) is 82.7 Å². The second-order valence-corrected chi connectivity index (χ2v) is 8.93. The Hall–Kier alpha value is -4.07. The van der Waals surface area contributed by atoms with Gasteiger partial charge < -0.3 is 24.6 Å². The maximum Gasteiger partial charge on any atom is 0.336 e. The van der Waals surface area contributed by atoms with Gasteiger partial charge in [0.05, 0.1) is 12.7 Å². The maximum absolute atomic E-state index is 13.7. The first-order valence-corrected chi connectivity index (χ1v) is 11.8. The normalized spacial score (nSPS) is 21.4. The predicted octanol–water partition coefficient (Wildman–Crippen LogP) is 3.63. The molecule has 0 spiro atoms. The molecule has 3 atom stereocenters. The number of benzene rings is 2. The Morgan fingerprint density at radius 2 is 1.83 bits per heavy atom. The summed E-state index contributed by atoms with van der Waals surface area (Å²) < 4.78 is 16.1. The van der Waals surface area contributed by atoms with Crippen LogP contribution in [0.4, 0.5) is 0 Å². The van der Waals surface area contributed by atoms with E-state index in [2.05, 4.69) is 5.32 Å². The highest BCUT2D eigenvalue weighted by molar-refractivity contribution is 6.12. The van der Waals surface area contributed by atoms with Crippen molar-refractivity contribution in [3.8, 4) is 11.5 Å². The molecule has 2 aromatic rings. The van der Waals surface area contributed by atoms with Gasteiger partial charge in [-0.15, -0.1) is 0 Å². The van der Waals surface area contributed by atoms with Gasteiger partial charge in [0.25, 0.3) is 0 Å². The van der Waals surface area contributed by atoms with Crippen molar-refractivity contribution in [2.24, 2.45) is 11.8 Å². The highest BCUT2D eigenvalue weighted by Crippen LogP contribution is 2.45. The number of dihydropyridines is 1. The smallest absolute Gasteiger partial charge is 0.336 e. The van der Waals surface area contributed by atoms with E-state index in [0.29, 0.717) is 34.7 Å². The van der Waals surface area contributed by atoms with Gasteiger partial charge in [0, 0.05) is 22.9 Å². The highest BCUT2D eigenvalue weighted by atomic mass is 16.6. The van der Waals surface area contributed by atoms with Gasteiger partial charge in [-0.05, 0) is 49.1 Å². The molecule has 2 aliphatic rings. The van der Waals surface area contributed by atoms with Gasteiger partial charge >= 0.3 is 11.9 Å². The van der Waals surface area contributed by atoms with E-state index in [1.807, 2.05) is 25.1 Å². The number of allylic oxidation sites excluding steroid dienone is 3. The molecular formula is C28H29NO7. The fraction of sp³-hybridized carbons (Fsp3) is 0.321. The molecule has 2 N–H and O–H groups in total. The van der Waals surface area contributed by atoms with Crippen molar-refractivity contribution in [1.29, 1.82) is 0 Å². The van der Waals surface area contributed by atoms with E-state index in [4.69, 9.17) is 14.2 Å². The van der Waals surface area contributed by atoms with Crippen LogP contribution in [0.3, 0.4) is 0 Å². The van der Waals surface area contributed by atoms with Crippen LogP contribution in [0.5, 0.6) is 11.5 Å². The molecule has 2 aromatic carbocycles. The fourth-order valence-corrected chi connectivity index (χ4v) is 4.88. The van der Waals surface area contributed by atoms with E-state index in [9.17, 15) is 19.5 Å². The minimum absolute atomic E-state index is 0.00105. The molecule has 1 aliphatic heterocycles. The number of carbonyl (C=O) groups is 3. The quantitative estimate of drug-likeness (QED) is 0.343. The Bertz CT molecular complexity index is 1230. The predicted molar refractivity (Wildman–Crippen MR) is 131 cm³/mol. The van der Waals surface area contributed by atoms with Crippen LogP contribution >= 0.6 is 0 Å². The molecule has 0 radical (unpaired) electrons. The molecule has 0 saturated heterocycles. The van der Waals surface area contributed by atoms with E-state index in [1.165, 1.54) is 19.2 Å². The van der Waals surface area contributed by atoms with Crippen molar-refractivity contribution in [2.75, 3.05) is 20.3 Å². The Balaban J connectivity index is 1.64. The maximum atomic E-state index is 13.7. The number of nitrogens with one attached hydrogen (secondary N) is 1. The third kappa shape index (κ3) is 4.98. The van der Waals surface area contributed by atoms with E-state index < -0.39 is 29.6 Å². The number of methoxy groups -OCH3 is 1. The standard InChI is InChI=1S/C28H29NO7/c1-16-14-21-25(26(31)22(16)27(32)34-3)24(18-8-7-9-19(30)15-18)23(17(2)29-21)28(33)36-13-12-35-20-10-5-4-6-11-20/h4-11,15-16,22,24,29-30H,12-14H2,1-3H3/t16-,22+,24+/m1/s1. The van der Waals surface area contributed by atoms with Crippen LogP contribution in [-0.4, -0.2) is 43.2 Å². The lowest BCUT2D eigenvalue weighted by Crippen LogP contribution is -2.43. The lowest BCUT2D eigenvalue weighted by Gasteiger charge is -2.38. The van der Waals surface area contributed by atoms with Crippen LogP contribution in [0.25, 0.3) is 0 Å². The lowest BCUT2D eigenvalue weighted by atomic mass is 9.69. The summed E-state index contributed by atoms with van der Waals surface area (Å²) in [5.41, 5.74) is 2.30. The first-order valence-electron chi connectivity index (χ1n) is 11.8. The molecule has 36 heavy (non-hydrogen) atoms. The number of rotatable bonds is 7. The number of Topliss-reactive ketones (excluding diaryl/α,β-unsaturated/α-hetero) is 1. The molecule has 1 heterocycles. The number of aromatic hydroxyl groups is 1. The summed E-state index contributed by atoms with van der Waals surface area (Å²) in [6, 6.07) is 15.6. The molecule has 0 saturated carbocycles. The van der Waals surface area contributed by atoms with Crippen LogP contribution in [0.2, 0.25) is 0 Å². The summed E-state index contributed by atoms with van der Waals surface area (Å²) >= 11 is 0. The summed E-state index contributed by atoms with van der Waals surface area (Å²) in [7, 11) is 1.25. The van der Waals surface area contributed by atoms with Crippen molar-refractivity contribution in [3.63, 3.8) is 0 Å². The van der Waals surface area contributed by atoms with Crippen LogP contribution in [0, 0.1) is 11.8 Å². The monoisotopic (exact) mass is 491 g/mol. The van der Waals surface area contributed by atoms with Gasteiger partial charge in [0.15, 0.2) is 5.78 Å². The number of carbonyl (C=O) groups excluding carboxylic acids is 3. The SMILES string of the molecule is COC(=O)[C@@H]1C(=O)C2=C(C[C@H]1C)NC(C)=C(C(=O)OCCOc1ccccc1)[C@@H]2c1cccc(O)c1. The van der Waals surface area contributed by atoms with Crippen LogP contribution < -0.4 is 10.1 Å². The Kier molecular flexibility index (Phi) is 7.43. The molecule has 8 heteroatoms. The summed E-state index contributed by atoms with van der Waals surface area (Å²) in [4.78, 5) is 39.5. The van der Waals surface area contributed by atoms with Crippen molar-refractivity contribution >= 4 is 17.7 Å². The summed E-state index contributed by atoms with van der Waals surface area (Å²) in [5.74, 6) is -3.05. The second kappa shape index (κ2) is 10.7. The summed E-state index contributed by atoms with van der Waals surface area (Å²) in [5, 5.41) is 13.4. The Morgan fingerprint density at radius 3 is 2.53 bits per heavy atom. The third-order valence-electron chi connectivity index (χ3n) is 6.49. The van der Waals surface area contributed by atoms with Crippen LogP contribution in [-0.2, 0) is 23.9 Å². The second-order valence-electron chi connectivity index (χ2n) is 8.93. The molecule has 0 amide bonds. The first kappa shape index (κ1) is 25.0. The minimum atomic E-state index is -0.981. The lowest BCUT2D eigenvalue weighted by molar-refractivity contribution is -0.151. The van der Waals surface area contributed by atoms with Gasteiger partial charge in [-0.1, -0.05) is 37.3 Å². The van der Waals surface area contributed by atoms with E-state index in [-0.39, 0.29) is 30.5 Å². The van der Waals surface area contributed by atoms with Gasteiger partial charge in [0.1, 0.15) is 30.6 Å². The average molecular weight is 492 g/mol. The molecular weight excluding hydrogens is 462 g/mol. The van der Waals surface area contributed by atoms with Crippen molar-refractivity contribution in [2.45, 2.75) is 26.2 Å². The minimum Gasteiger partial charge on any atom is -0.508 e. The first-order chi connectivity index (χ1) is 17.3. The molecule has 0 unspecified atom stereocenters. The number of phenols is 1. The van der Waals surface area contributed by atoms with Crippen LogP contribution in [0.15, 0.2) is 77.1 Å². The third-order valence-corrected chi connectivity index (χ3v) is 6.49. The number of phenolic OH excluding ortho intramolecular Hbond substituents is 1. The van der Waals surface area contributed by atoms with Crippen LogP contribution in [0.1, 0.15) is 31.7 Å². The van der Waals surface area contributed by atoms with Gasteiger partial charge in [-0.25, -0.2) is 4.79 Å². The molecule has 0 aromatic heterocycles. The van der Waals surface area contributed by atoms with E-state index >= 15 is 0 Å². The number of ether oxygens (including phenoxy) is 3. The largest absolute Gasteiger partial charge is 0.508 e. The Labute approximate surface area is 209 Å². The number of para-hydroxylation sites is 1. The molecule has 4 rings (SSSR count). The van der Waals surface area contributed by atoms with Crippen molar-refractivity contribution in [1.82, 2.24) is 5.32 Å². The zero-order chi connectivity index (χ0) is 25.8. The molecule has 8 nitrogen and oxygen atoms in total. The zero-order valence-electron chi connectivity index (χ0n) is 20.4. The van der Waals surface area contributed by atoms with E-state index in [0.717, 1.165) is 0 Å². The number of esters is 2. The fourth-order valence-electron chi connectivity index (χ4n) is 4.88. The van der Waals surface area contributed by atoms with Gasteiger partial charge in [-0.2, -0.15) is 0 Å². The summed E-state index contributed by atoms with van der Waals surface area (Å²) in [6.07, 6.45) is 0.431. The van der Waals surface area contributed by atoms with Crippen molar-refractivity contribution < 1.29 is 33.7 Å². The average Bonchev–Trinajstić information content (AvgIpc) is 2.86. The number of ketones is 1. The van der Waals surface area contributed by atoms with E-state index in [1.54, 1.807) is 31.2 Å². The molecule has 0 fully saturated rings. The molecule has 1 aliphatic carbocycles. The molecule has 188 valence electrons.